The molecule has 0 radical (unpaired) electrons. The van der Waals surface area contributed by atoms with Crippen molar-refractivity contribution in [2.24, 2.45) is 5.92 Å². The molecule has 0 aromatic rings. The van der Waals surface area contributed by atoms with Crippen molar-refractivity contribution in [1.82, 2.24) is 0 Å². The minimum Gasteiger partial charge on any atom is -0.0996 e. The highest BCUT2D eigenvalue weighted by Gasteiger charge is 2.15. The predicted octanol–water partition coefficient (Wildman–Crippen LogP) is 2.75. The first-order valence-corrected chi connectivity index (χ1v) is 3.52. The number of hydrogen-bond donors (Lipinski definition) is 0. The van der Waals surface area contributed by atoms with Crippen molar-refractivity contribution in [3.8, 4) is 0 Å². The fourth-order valence-corrected chi connectivity index (χ4v) is 1.48. The van der Waals surface area contributed by atoms with Crippen LogP contribution in [0.2, 0.25) is 0 Å². The van der Waals surface area contributed by atoms with Gasteiger partial charge in [-0.05, 0) is 31.6 Å². The van der Waals surface area contributed by atoms with Gasteiger partial charge in [-0.1, -0.05) is 19.1 Å². The van der Waals surface area contributed by atoms with E-state index in [-0.39, 0.29) is 0 Å². The van der Waals surface area contributed by atoms with Gasteiger partial charge in [-0.25, -0.2) is 0 Å². The van der Waals surface area contributed by atoms with E-state index in [1.165, 1.54) is 31.3 Å². The molecule has 46 valence electrons. The molecule has 1 rings (SSSR count). The number of hydrogen-bond acceptors (Lipinski definition) is 0. The topological polar surface area (TPSA) is 0 Å². The van der Waals surface area contributed by atoms with Crippen molar-refractivity contribution in [1.29, 1.82) is 0 Å². The summed E-state index contributed by atoms with van der Waals surface area (Å²) in [4.78, 5) is 0. The molecule has 0 aromatic heterocycles. The van der Waals surface area contributed by atoms with Crippen LogP contribution in [0.3, 0.4) is 0 Å². The van der Waals surface area contributed by atoms with E-state index >= 15 is 0 Å². The summed E-state index contributed by atoms with van der Waals surface area (Å²) in [5, 5.41) is 0. The largest absolute Gasteiger partial charge is 0.0996 e. The molecule has 0 bridgehead atoms. The Kier molecular flexibility index (Phi) is 1.72. The van der Waals surface area contributed by atoms with Crippen LogP contribution in [0, 0.1) is 5.92 Å². The summed E-state index contributed by atoms with van der Waals surface area (Å²) in [6.45, 7) is 6.26. The van der Waals surface area contributed by atoms with Gasteiger partial charge in [0.1, 0.15) is 0 Å². The molecule has 0 unspecified atom stereocenters. The van der Waals surface area contributed by atoms with Crippen LogP contribution in [0.1, 0.15) is 32.6 Å². The SMILES string of the molecule is C=C1CCC[C@@H]1CC. The Bertz CT molecular complexity index is 92.2. The smallest absolute Gasteiger partial charge is 0.0208 e. The summed E-state index contributed by atoms with van der Waals surface area (Å²) in [6.07, 6.45) is 5.38. The zero-order valence-electron chi connectivity index (χ0n) is 5.61. The lowest BCUT2D eigenvalue weighted by atomic mass is 10.0. The summed E-state index contributed by atoms with van der Waals surface area (Å²) < 4.78 is 0. The fraction of sp³-hybridized carbons (Fsp3) is 0.750. The van der Waals surface area contributed by atoms with Crippen LogP contribution in [0.4, 0.5) is 0 Å². The maximum atomic E-state index is 4.01. The summed E-state index contributed by atoms with van der Waals surface area (Å²) in [7, 11) is 0. The second-order valence-electron chi connectivity index (χ2n) is 2.66. The van der Waals surface area contributed by atoms with Crippen molar-refractivity contribution in [2.45, 2.75) is 32.6 Å². The van der Waals surface area contributed by atoms with Gasteiger partial charge in [0.2, 0.25) is 0 Å². The molecular weight excluding hydrogens is 96.1 g/mol. The highest BCUT2D eigenvalue weighted by Crippen LogP contribution is 2.31. The molecule has 0 saturated heterocycles. The number of allylic oxidation sites excluding steroid dienone is 1. The minimum absolute atomic E-state index is 0.870. The molecule has 0 N–H and O–H groups in total. The molecule has 0 nitrogen and oxygen atoms in total. The van der Waals surface area contributed by atoms with E-state index in [0.717, 1.165) is 5.92 Å². The summed E-state index contributed by atoms with van der Waals surface area (Å²) in [5.74, 6) is 0.870. The van der Waals surface area contributed by atoms with Crippen LogP contribution in [-0.4, -0.2) is 0 Å². The summed E-state index contributed by atoms with van der Waals surface area (Å²) in [6, 6.07) is 0. The Morgan fingerprint density at radius 3 is 2.75 bits per heavy atom. The minimum atomic E-state index is 0.870. The lowest BCUT2D eigenvalue weighted by molar-refractivity contribution is 0.607. The third kappa shape index (κ3) is 0.936. The Morgan fingerprint density at radius 2 is 2.50 bits per heavy atom. The second kappa shape index (κ2) is 2.34. The lowest BCUT2D eigenvalue weighted by Crippen LogP contribution is -1.90. The van der Waals surface area contributed by atoms with Crippen LogP contribution in [0.5, 0.6) is 0 Å². The van der Waals surface area contributed by atoms with E-state index in [4.69, 9.17) is 0 Å². The third-order valence-electron chi connectivity index (χ3n) is 2.12. The predicted molar refractivity (Wildman–Crippen MR) is 36.8 cm³/mol. The molecule has 0 heteroatoms. The van der Waals surface area contributed by atoms with E-state index in [2.05, 4.69) is 13.5 Å². The molecule has 0 heterocycles. The van der Waals surface area contributed by atoms with Gasteiger partial charge < -0.3 is 0 Å². The molecule has 1 aliphatic carbocycles. The fourth-order valence-electron chi connectivity index (χ4n) is 1.48. The van der Waals surface area contributed by atoms with E-state index in [1.54, 1.807) is 0 Å². The average molecular weight is 110 g/mol. The molecular formula is C8H14. The molecule has 1 saturated carbocycles. The molecule has 8 heavy (non-hydrogen) atoms. The molecule has 0 spiro atoms. The van der Waals surface area contributed by atoms with Gasteiger partial charge in [0.05, 0.1) is 0 Å². The van der Waals surface area contributed by atoms with Gasteiger partial charge in [-0.2, -0.15) is 0 Å². The average Bonchev–Trinajstić information content (AvgIpc) is 2.14. The van der Waals surface area contributed by atoms with Gasteiger partial charge in [-0.3, -0.25) is 0 Å². The highest BCUT2D eigenvalue weighted by molar-refractivity contribution is 5.04. The van der Waals surface area contributed by atoms with E-state index in [0.29, 0.717) is 0 Å². The molecule has 0 aromatic carbocycles. The van der Waals surface area contributed by atoms with Crippen LogP contribution in [0.15, 0.2) is 12.2 Å². The van der Waals surface area contributed by atoms with Gasteiger partial charge in [0, 0.05) is 0 Å². The summed E-state index contributed by atoms with van der Waals surface area (Å²) >= 11 is 0. The standard InChI is InChI=1S/C8H14/c1-3-8-6-4-5-7(8)2/h8H,2-6H2,1H3/t8-/m0/s1. The Hall–Kier alpha value is -0.260. The first-order chi connectivity index (χ1) is 3.84. The van der Waals surface area contributed by atoms with Crippen LogP contribution < -0.4 is 0 Å². The van der Waals surface area contributed by atoms with Crippen molar-refractivity contribution in [3.05, 3.63) is 12.2 Å². The Labute approximate surface area is 51.6 Å². The maximum absolute atomic E-state index is 4.01. The third-order valence-corrected chi connectivity index (χ3v) is 2.12. The maximum Gasteiger partial charge on any atom is -0.0208 e. The van der Waals surface area contributed by atoms with Crippen molar-refractivity contribution in [3.63, 3.8) is 0 Å². The first-order valence-electron chi connectivity index (χ1n) is 3.52. The van der Waals surface area contributed by atoms with Gasteiger partial charge >= 0.3 is 0 Å². The first kappa shape index (κ1) is 5.87. The quantitative estimate of drug-likeness (QED) is 0.455. The number of rotatable bonds is 1. The van der Waals surface area contributed by atoms with Crippen LogP contribution in [-0.2, 0) is 0 Å². The monoisotopic (exact) mass is 110 g/mol. The molecule has 1 fully saturated rings. The normalized spacial score (nSPS) is 29.1. The van der Waals surface area contributed by atoms with Crippen molar-refractivity contribution in [2.75, 3.05) is 0 Å². The van der Waals surface area contributed by atoms with Gasteiger partial charge in [-0.15, -0.1) is 0 Å². The summed E-state index contributed by atoms with van der Waals surface area (Å²) in [5.41, 5.74) is 1.49. The van der Waals surface area contributed by atoms with Gasteiger partial charge in [0.25, 0.3) is 0 Å². The Balaban J connectivity index is 2.42. The second-order valence-corrected chi connectivity index (χ2v) is 2.66. The molecule has 0 aliphatic heterocycles. The van der Waals surface area contributed by atoms with E-state index in [1.807, 2.05) is 0 Å². The van der Waals surface area contributed by atoms with Crippen LogP contribution in [0.25, 0.3) is 0 Å². The Morgan fingerprint density at radius 1 is 1.75 bits per heavy atom. The van der Waals surface area contributed by atoms with E-state index in [9.17, 15) is 0 Å². The van der Waals surface area contributed by atoms with Crippen LogP contribution >= 0.6 is 0 Å². The zero-order valence-corrected chi connectivity index (χ0v) is 5.61. The molecule has 0 amide bonds. The van der Waals surface area contributed by atoms with E-state index < -0.39 is 0 Å². The lowest BCUT2D eigenvalue weighted by Gasteiger charge is -2.04. The van der Waals surface area contributed by atoms with Crippen molar-refractivity contribution >= 4 is 0 Å². The highest BCUT2D eigenvalue weighted by atomic mass is 14.2. The zero-order chi connectivity index (χ0) is 5.98. The molecule has 1 atom stereocenters. The molecule has 1 aliphatic rings. The van der Waals surface area contributed by atoms with Crippen molar-refractivity contribution < 1.29 is 0 Å². The van der Waals surface area contributed by atoms with Gasteiger partial charge in [0.15, 0.2) is 0 Å².